The van der Waals surface area contributed by atoms with E-state index in [9.17, 15) is 9.59 Å². The first kappa shape index (κ1) is 21.0. The van der Waals surface area contributed by atoms with E-state index in [1.807, 2.05) is 18.2 Å². The molecule has 1 aliphatic rings. The molecule has 27 heavy (non-hydrogen) atoms. The second-order valence-corrected chi connectivity index (χ2v) is 8.87. The Kier molecular flexibility index (Phi) is 6.34. The van der Waals surface area contributed by atoms with E-state index in [-0.39, 0.29) is 6.54 Å². The van der Waals surface area contributed by atoms with Gasteiger partial charge in [0.2, 0.25) is 0 Å². The Hall–Kier alpha value is -2.30. The zero-order chi connectivity index (χ0) is 20.2. The minimum Gasteiger partial charge on any atom is -0.443 e. The summed E-state index contributed by atoms with van der Waals surface area (Å²) in [5.74, 6) is 0. The van der Waals surface area contributed by atoms with Crippen molar-refractivity contribution in [3.63, 3.8) is 0 Å². The van der Waals surface area contributed by atoms with Crippen LogP contribution >= 0.6 is 0 Å². The molecular formula is C22H31NO4. The van der Waals surface area contributed by atoms with Crippen molar-refractivity contribution in [1.82, 2.24) is 4.90 Å². The zero-order valence-corrected chi connectivity index (χ0v) is 17.3. The summed E-state index contributed by atoms with van der Waals surface area (Å²) in [5, 5.41) is 0. The summed E-state index contributed by atoms with van der Waals surface area (Å²) in [7, 11) is 0. The smallest absolute Gasteiger partial charge is 0.420 e. The van der Waals surface area contributed by atoms with Gasteiger partial charge in [0, 0.05) is 0 Å². The van der Waals surface area contributed by atoms with Gasteiger partial charge in [-0.2, -0.15) is 0 Å². The molecule has 0 saturated carbocycles. The van der Waals surface area contributed by atoms with E-state index in [2.05, 4.69) is 12.1 Å². The highest BCUT2D eigenvalue weighted by Crippen LogP contribution is 2.28. The van der Waals surface area contributed by atoms with Crippen LogP contribution in [0.1, 0.15) is 71.9 Å². The van der Waals surface area contributed by atoms with Crippen molar-refractivity contribution in [3.05, 3.63) is 41.5 Å². The van der Waals surface area contributed by atoms with Crippen LogP contribution < -0.4 is 0 Å². The van der Waals surface area contributed by atoms with Crippen molar-refractivity contribution in [2.75, 3.05) is 0 Å². The van der Waals surface area contributed by atoms with Crippen molar-refractivity contribution in [2.45, 2.75) is 78.6 Å². The quantitative estimate of drug-likeness (QED) is 0.659. The van der Waals surface area contributed by atoms with Gasteiger partial charge < -0.3 is 9.47 Å². The molecule has 0 aliphatic heterocycles. The summed E-state index contributed by atoms with van der Waals surface area (Å²) < 4.78 is 10.8. The summed E-state index contributed by atoms with van der Waals surface area (Å²) in [4.78, 5) is 26.3. The maximum absolute atomic E-state index is 12.6. The molecule has 0 fully saturated rings. The lowest BCUT2D eigenvalue weighted by Crippen LogP contribution is -2.43. The van der Waals surface area contributed by atoms with Crippen LogP contribution in [0.5, 0.6) is 0 Å². The van der Waals surface area contributed by atoms with Gasteiger partial charge in [-0.3, -0.25) is 0 Å². The van der Waals surface area contributed by atoms with Crippen molar-refractivity contribution in [1.29, 1.82) is 0 Å². The van der Waals surface area contributed by atoms with Crippen LogP contribution in [-0.2, 0) is 16.0 Å². The highest BCUT2D eigenvalue weighted by molar-refractivity contribution is 5.88. The van der Waals surface area contributed by atoms with Crippen molar-refractivity contribution in [2.24, 2.45) is 0 Å². The predicted octanol–water partition coefficient (Wildman–Crippen LogP) is 5.93. The first-order chi connectivity index (χ1) is 12.4. The molecule has 0 saturated heterocycles. The van der Waals surface area contributed by atoms with Gasteiger partial charge in [-0.05, 0) is 83.6 Å². The van der Waals surface area contributed by atoms with Crippen LogP contribution in [0.4, 0.5) is 9.59 Å². The lowest BCUT2D eigenvalue weighted by Gasteiger charge is -2.28. The topological polar surface area (TPSA) is 55.8 Å². The predicted molar refractivity (Wildman–Crippen MR) is 106 cm³/mol. The van der Waals surface area contributed by atoms with Crippen LogP contribution in [0, 0.1) is 0 Å². The van der Waals surface area contributed by atoms with Gasteiger partial charge in [-0.25, -0.2) is 14.5 Å². The summed E-state index contributed by atoms with van der Waals surface area (Å²) in [5.41, 5.74) is 1.91. The fourth-order valence-electron chi connectivity index (χ4n) is 2.82. The number of carbonyl (C=O) groups excluding carboxylic acids is 2. The zero-order valence-electron chi connectivity index (χ0n) is 17.3. The molecule has 0 N–H and O–H groups in total. The van der Waals surface area contributed by atoms with E-state index in [4.69, 9.17) is 9.47 Å². The van der Waals surface area contributed by atoms with E-state index in [1.165, 1.54) is 12.0 Å². The molecule has 2 amide bonds. The van der Waals surface area contributed by atoms with Crippen molar-refractivity contribution in [3.8, 4) is 0 Å². The van der Waals surface area contributed by atoms with Crippen LogP contribution in [-0.4, -0.2) is 28.3 Å². The van der Waals surface area contributed by atoms with Gasteiger partial charge in [0.05, 0.1) is 6.54 Å². The van der Waals surface area contributed by atoms with Crippen molar-refractivity contribution < 1.29 is 19.1 Å². The van der Waals surface area contributed by atoms with Gasteiger partial charge in [0.1, 0.15) is 11.2 Å². The van der Waals surface area contributed by atoms with Gasteiger partial charge in [0.25, 0.3) is 0 Å². The third kappa shape index (κ3) is 6.74. The Bertz CT molecular complexity index is 695. The Labute approximate surface area is 162 Å². The van der Waals surface area contributed by atoms with Crippen LogP contribution in [0.2, 0.25) is 0 Å². The molecule has 5 heteroatoms. The summed E-state index contributed by atoms with van der Waals surface area (Å²) in [6.45, 7) is 10.7. The molecule has 1 aliphatic carbocycles. The monoisotopic (exact) mass is 373 g/mol. The van der Waals surface area contributed by atoms with E-state index >= 15 is 0 Å². The molecule has 1 aromatic rings. The maximum atomic E-state index is 12.6. The van der Waals surface area contributed by atoms with E-state index in [1.54, 1.807) is 41.5 Å². The number of benzene rings is 1. The average molecular weight is 373 g/mol. The van der Waals surface area contributed by atoms with Gasteiger partial charge in [-0.1, -0.05) is 24.3 Å². The highest BCUT2D eigenvalue weighted by Gasteiger charge is 2.31. The highest BCUT2D eigenvalue weighted by atomic mass is 16.6. The summed E-state index contributed by atoms with van der Waals surface area (Å²) >= 11 is 0. The Morgan fingerprint density at radius 2 is 1.59 bits per heavy atom. The number of hydrogen-bond donors (Lipinski definition) is 0. The second kappa shape index (κ2) is 8.15. The molecule has 0 atom stereocenters. The van der Waals surface area contributed by atoms with Gasteiger partial charge in [0.15, 0.2) is 0 Å². The number of imide groups is 1. The SMILES string of the molecule is CC(C)(C)OC(=O)N(Cc1cccc(C2=CCCC2)c1)C(=O)OC(C)(C)C. The minimum atomic E-state index is -0.706. The molecule has 0 aromatic heterocycles. The molecule has 2 rings (SSSR count). The Morgan fingerprint density at radius 3 is 2.07 bits per heavy atom. The molecule has 0 unspecified atom stereocenters. The Balaban J connectivity index is 2.24. The third-order valence-corrected chi connectivity index (χ3v) is 3.91. The number of amides is 2. The average Bonchev–Trinajstić information content (AvgIpc) is 3.03. The van der Waals surface area contributed by atoms with E-state index < -0.39 is 23.4 Å². The third-order valence-electron chi connectivity index (χ3n) is 3.91. The minimum absolute atomic E-state index is 0.102. The second-order valence-electron chi connectivity index (χ2n) is 8.87. The number of carbonyl (C=O) groups is 2. The van der Waals surface area contributed by atoms with Crippen LogP contribution in [0.25, 0.3) is 5.57 Å². The molecule has 5 nitrogen and oxygen atoms in total. The summed E-state index contributed by atoms with van der Waals surface area (Å²) in [6.07, 6.45) is 4.16. The normalized spacial score (nSPS) is 14.5. The number of rotatable bonds is 3. The molecule has 148 valence electrons. The van der Waals surface area contributed by atoms with Crippen molar-refractivity contribution >= 4 is 17.8 Å². The number of allylic oxidation sites excluding steroid dienone is 2. The fraction of sp³-hybridized carbons (Fsp3) is 0.545. The molecular weight excluding hydrogens is 342 g/mol. The maximum Gasteiger partial charge on any atom is 0.420 e. The van der Waals surface area contributed by atoms with E-state index in [0.717, 1.165) is 28.9 Å². The largest absolute Gasteiger partial charge is 0.443 e. The van der Waals surface area contributed by atoms with Gasteiger partial charge in [-0.15, -0.1) is 0 Å². The number of ether oxygens (including phenoxy) is 2. The number of hydrogen-bond acceptors (Lipinski definition) is 4. The Morgan fingerprint density at radius 1 is 1.00 bits per heavy atom. The first-order valence-corrected chi connectivity index (χ1v) is 9.46. The molecule has 0 spiro atoms. The van der Waals surface area contributed by atoms with Crippen LogP contribution in [0.15, 0.2) is 30.3 Å². The standard InChI is InChI=1S/C22H31NO4/c1-21(2,3)26-19(24)23(20(25)27-22(4,5)6)15-16-10-9-13-18(14-16)17-11-7-8-12-17/h9-11,13-14H,7-8,12,15H2,1-6H3. The molecule has 0 radical (unpaired) electrons. The van der Waals surface area contributed by atoms with Crippen LogP contribution in [0.3, 0.4) is 0 Å². The summed E-state index contributed by atoms with van der Waals surface area (Å²) in [6, 6.07) is 7.94. The van der Waals surface area contributed by atoms with Gasteiger partial charge >= 0.3 is 12.2 Å². The first-order valence-electron chi connectivity index (χ1n) is 9.46. The molecule has 0 heterocycles. The van der Waals surface area contributed by atoms with E-state index in [0.29, 0.717) is 0 Å². The number of nitrogens with zero attached hydrogens (tertiary/aromatic N) is 1. The molecule has 1 aromatic carbocycles. The fourth-order valence-corrected chi connectivity index (χ4v) is 2.82. The molecule has 0 bridgehead atoms. The lowest BCUT2D eigenvalue weighted by atomic mass is 10.0. The lowest BCUT2D eigenvalue weighted by molar-refractivity contribution is -0.000247.